The molecule has 1 heterocycles. The van der Waals surface area contributed by atoms with Crippen molar-refractivity contribution < 1.29 is 0 Å². The largest absolute Gasteiger partial charge is 0.384 e. The van der Waals surface area contributed by atoms with Crippen LogP contribution >= 0.6 is 0 Å². The average Bonchev–Trinajstić information content (AvgIpc) is 2.32. The lowest BCUT2D eigenvalue weighted by molar-refractivity contribution is 1.19. The first-order chi connectivity index (χ1) is 8.56. The monoisotopic (exact) mass is 241 g/mol. The van der Waals surface area contributed by atoms with Crippen molar-refractivity contribution in [2.45, 2.75) is 13.8 Å². The predicted molar refractivity (Wildman–Crippen MR) is 73.2 cm³/mol. The smallest absolute Gasteiger partial charge is 0.153 e. The fraction of sp³-hybridized carbons (Fsp3) is 0.154. The Morgan fingerprint density at radius 1 is 0.944 bits per heavy atom. The first-order valence-corrected chi connectivity index (χ1v) is 5.57. The number of anilines is 2. The lowest BCUT2D eigenvalue weighted by Crippen LogP contribution is -1.95. The topological polar surface area (TPSA) is 89.6 Å². The number of pyridine rings is 1. The molecule has 2 rings (SSSR count). The number of aromatic nitrogens is 1. The second kappa shape index (κ2) is 4.83. The summed E-state index contributed by atoms with van der Waals surface area (Å²) in [7, 11) is 0. The molecule has 5 heteroatoms. The summed E-state index contributed by atoms with van der Waals surface area (Å²) in [6.45, 7) is 4.09. The van der Waals surface area contributed by atoms with E-state index in [1.165, 1.54) is 11.1 Å². The minimum absolute atomic E-state index is 0.280. The Labute approximate surface area is 106 Å². The van der Waals surface area contributed by atoms with E-state index < -0.39 is 0 Å². The summed E-state index contributed by atoms with van der Waals surface area (Å²) in [5.41, 5.74) is 14.9. The number of hydrogen-bond donors (Lipinski definition) is 2. The number of nitrogens with two attached hydrogens (primary N) is 2. The third-order valence-corrected chi connectivity index (χ3v) is 2.69. The van der Waals surface area contributed by atoms with E-state index in [-0.39, 0.29) is 5.82 Å². The maximum Gasteiger partial charge on any atom is 0.153 e. The van der Waals surface area contributed by atoms with Crippen molar-refractivity contribution in [1.82, 2.24) is 4.98 Å². The zero-order chi connectivity index (χ0) is 13.1. The number of rotatable bonds is 2. The zero-order valence-electron chi connectivity index (χ0n) is 10.4. The van der Waals surface area contributed by atoms with Crippen LogP contribution in [0.2, 0.25) is 0 Å². The first-order valence-electron chi connectivity index (χ1n) is 5.57. The Hall–Kier alpha value is -2.43. The molecular weight excluding hydrogens is 226 g/mol. The molecule has 0 radical (unpaired) electrons. The molecule has 1 aromatic carbocycles. The molecule has 0 aliphatic rings. The van der Waals surface area contributed by atoms with E-state index in [9.17, 15) is 0 Å². The van der Waals surface area contributed by atoms with Crippen LogP contribution in [0.4, 0.5) is 23.0 Å². The summed E-state index contributed by atoms with van der Waals surface area (Å²) in [5.74, 6) is 0.653. The third kappa shape index (κ3) is 2.63. The quantitative estimate of drug-likeness (QED) is 0.790. The SMILES string of the molecule is Cc1ccc(N=Nc2ccc(N)nc2N)cc1C. The molecule has 2 aromatic rings. The van der Waals surface area contributed by atoms with E-state index in [1.807, 2.05) is 25.1 Å². The van der Waals surface area contributed by atoms with E-state index in [4.69, 9.17) is 11.5 Å². The molecule has 5 nitrogen and oxygen atoms in total. The fourth-order valence-corrected chi connectivity index (χ4v) is 1.47. The fourth-order valence-electron chi connectivity index (χ4n) is 1.47. The van der Waals surface area contributed by atoms with Crippen LogP contribution in [0, 0.1) is 13.8 Å². The highest BCUT2D eigenvalue weighted by atomic mass is 15.1. The molecule has 0 saturated heterocycles. The normalized spacial score (nSPS) is 11.0. The van der Waals surface area contributed by atoms with Gasteiger partial charge in [0.1, 0.15) is 11.5 Å². The molecule has 1 aromatic heterocycles. The van der Waals surface area contributed by atoms with Crippen molar-refractivity contribution >= 4 is 23.0 Å². The van der Waals surface area contributed by atoms with Gasteiger partial charge < -0.3 is 11.5 Å². The van der Waals surface area contributed by atoms with Gasteiger partial charge >= 0.3 is 0 Å². The van der Waals surface area contributed by atoms with Gasteiger partial charge in [0.05, 0.1) is 5.69 Å². The van der Waals surface area contributed by atoms with Crippen molar-refractivity contribution in [2.75, 3.05) is 11.5 Å². The lowest BCUT2D eigenvalue weighted by atomic mass is 10.1. The molecular formula is C13H15N5. The standard InChI is InChI=1S/C13H15N5/c1-8-3-4-10(7-9(8)2)17-18-11-5-6-12(14)16-13(11)15/h3-7H,1-2H3,(H4,14,15,16). The summed E-state index contributed by atoms with van der Waals surface area (Å²) in [6, 6.07) is 9.23. The number of azo groups is 1. The van der Waals surface area contributed by atoms with Crippen molar-refractivity contribution in [1.29, 1.82) is 0 Å². The molecule has 0 spiro atoms. The molecule has 92 valence electrons. The van der Waals surface area contributed by atoms with Gasteiger partial charge in [-0.05, 0) is 49.2 Å². The molecule has 0 aliphatic heterocycles. The average molecular weight is 241 g/mol. The number of aryl methyl sites for hydroxylation is 2. The van der Waals surface area contributed by atoms with Gasteiger partial charge in [0, 0.05) is 0 Å². The highest BCUT2D eigenvalue weighted by Gasteiger charge is 2.00. The number of hydrogen-bond acceptors (Lipinski definition) is 5. The van der Waals surface area contributed by atoms with Crippen molar-refractivity contribution in [3.63, 3.8) is 0 Å². The van der Waals surface area contributed by atoms with Crippen molar-refractivity contribution in [3.05, 3.63) is 41.5 Å². The van der Waals surface area contributed by atoms with E-state index >= 15 is 0 Å². The van der Waals surface area contributed by atoms with Gasteiger partial charge in [0.2, 0.25) is 0 Å². The predicted octanol–water partition coefficient (Wildman–Crippen LogP) is 3.28. The molecule has 4 N–H and O–H groups in total. The Bertz CT molecular complexity index is 604. The molecule has 0 aliphatic carbocycles. The Balaban J connectivity index is 2.27. The van der Waals surface area contributed by atoms with E-state index in [1.54, 1.807) is 12.1 Å². The van der Waals surface area contributed by atoms with Crippen molar-refractivity contribution in [2.24, 2.45) is 10.2 Å². The molecule has 18 heavy (non-hydrogen) atoms. The molecule has 0 unspecified atom stereocenters. The summed E-state index contributed by atoms with van der Waals surface area (Å²) >= 11 is 0. The molecule has 0 amide bonds. The summed E-state index contributed by atoms with van der Waals surface area (Å²) < 4.78 is 0. The van der Waals surface area contributed by atoms with Crippen LogP contribution < -0.4 is 11.5 Å². The number of nitrogen functional groups attached to an aromatic ring is 2. The van der Waals surface area contributed by atoms with Crippen LogP contribution in [0.3, 0.4) is 0 Å². The molecule has 0 saturated carbocycles. The third-order valence-electron chi connectivity index (χ3n) is 2.69. The van der Waals surface area contributed by atoms with Gasteiger partial charge in [0.15, 0.2) is 5.82 Å². The van der Waals surface area contributed by atoms with Crippen LogP contribution in [-0.4, -0.2) is 4.98 Å². The van der Waals surface area contributed by atoms with Gasteiger partial charge in [-0.15, -0.1) is 5.11 Å². The van der Waals surface area contributed by atoms with Gasteiger partial charge in [-0.1, -0.05) is 6.07 Å². The molecule has 0 bridgehead atoms. The van der Waals surface area contributed by atoms with Gasteiger partial charge in [0.25, 0.3) is 0 Å². The van der Waals surface area contributed by atoms with E-state index in [0.29, 0.717) is 11.5 Å². The Kier molecular flexibility index (Phi) is 3.23. The maximum absolute atomic E-state index is 5.69. The number of nitrogens with zero attached hydrogens (tertiary/aromatic N) is 3. The highest BCUT2D eigenvalue weighted by Crippen LogP contribution is 2.24. The van der Waals surface area contributed by atoms with Crippen LogP contribution in [0.15, 0.2) is 40.6 Å². The van der Waals surface area contributed by atoms with Gasteiger partial charge in [-0.3, -0.25) is 0 Å². The van der Waals surface area contributed by atoms with Gasteiger partial charge in [-0.25, -0.2) is 4.98 Å². The van der Waals surface area contributed by atoms with Crippen LogP contribution in [-0.2, 0) is 0 Å². The molecule has 0 fully saturated rings. The lowest BCUT2D eigenvalue weighted by Gasteiger charge is -2.01. The summed E-state index contributed by atoms with van der Waals surface area (Å²) in [6.07, 6.45) is 0. The van der Waals surface area contributed by atoms with Gasteiger partial charge in [-0.2, -0.15) is 5.11 Å². The summed E-state index contributed by atoms with van der Waals surface area (Å²) in [4.78, 5) is 3.92. The highest BCUT2D eigenvalue weighted by molar-refractivity contribution is 5.60. The van der Waals surface area contributed by atoms with Crippen LogP contribution in [0.1, 0.15) is 11.1 Å². The minimum atomic E-state index is 0.280. The zero-order valence-corrected chi connectivity index (χ0v) is 10.4. The number of benzene rings is 1. The maximum atomic E-state index is 5.69. The van der Waals surface area contributed by atoms with Crippen molar-refractivity contribution in [3.8, 4) is 0 Å². The van der Waals surface area contributed by atoms with E-state index in [0.717, 1.165) is 5.69 Å². The van der Waals surface area contributed by atoms with Crippen LogP contribution in [0.5, 0.6) is 0 Å². The summed E-state index contributed by atoms with van der Waals surface area (Å²) in [5, 5.41) is 8.20. The Morgan fingerprint density at radius 3 is 2.39 bits per heavy atom. The Morgan fingerprint density at radius 2 is 1.72 bits per heavy atom. The second-order valence-electron chi connectivity index (χ2n) is 4.11. The van der Waals surface area contributed by atoms with E-state index in [2.05, 4.69) is 22.1 Å². The molecule has 0 atom stereocenters. The minimum Gasteiger partial charge on any atom is -0.384 e. The van der Waals surface area contributed by atoms with Crippen LogP contribution in [0.25, 0.3) is 0 Å². The first kappa shape index (κ1) is 12.0. The second-order valence-corrected chi connectivity index (χ2v) is 4.11.